The highest BCUT2D eigenvalue weighted by molar-refractivity contribution is 14.0. The number of hydrogen-bond acceptors (Lipinski definition) is 2. The number of unbranched alkanes of at least 4 members (excludes halogenated alkanes) is 1. The Labute approximate surface area is 173 Å². The molecule has 0 aliphatic heterocycles. The second-order valence-corrected chi connectivity index (χ2v) is 6.47. The minimum absolute atomic E-state index is 0. The Morgan fingerprint density at radius 1 is 1.04 bits per heavy atom. The lowest BCUT2D eigenvalue weighted by Crippen LogP contribution is -2.23. The number of ether oxygens (including phenoxy) is 1. The van der Waals surface area contributed by atoms with Crippen LogP contribution in [0.15, 0.2) is 53.5 Å². The number of nitrogens with zero attached hydrogens (tertiary/aromatic N) is 1. The van der Waals surface area contributed by atoms with Gasteiger partial charge in [0, 0.05) is 18.8 Å². The van der Waals surface area contributed by atoms with E-state index in [4.69, 9.17) is 10.5 Å². The van der Waals surface area contributed by atoms with Crippen LogP contribution >= 0.6 is 24.0 Å². The molecular formula is C21H28IN3O. The zero-order chi connectivity index (χ0) is 17.3. The summed E-state index contributed by atoms with van der Waals surface area (Å²) in [5.41, 5.74) is 11.1. The van der Waals surface area contributed by atoms with Gasteiger partial charge in [-0.1, -0.05) is 36.4 Å². The molecule has 3 rings (SSSR count). The summed E-state index contributed by atoms with van der Waals surface area (Å²) in [6.45, 7) is 2.15. The molecule has 0 bridgehead atoms. The third-order valence-electron chi connectivity index (χ3n) is 4.46. The van der Waals surface area contributed by atoms with Crippen LogP contribution in [0, 0.1) is 0 Å². The molecule has 0 radical (unpaired) electrons. The highest BCUT2D eigenvalue weighted by atomic mass is 127. The Morgan fingerprint density at radius 3 is 2.69 bits per heavy atom. The van der Waals surface area contributed by atoms with Crippen LogP contribution in [0.5, 0.6) is 0 Å². The predicted molar refractivity (Wildman–Crippen MR) is 119 cm³/mol. The van der Waals surface area contributed by atoms with Crippen molar-refractivity contribution in [2.75, 3.05) is 18.5 Å². The van der Waals surface area contributed by atoms with Gasteiger partial charge in [0.1, 0.15) is 0 Å². The Balaban J connectivity index is 0.00000243. The summed E-state index contributed by atoms with van der Waals surface area (Å²) in [6, 6.07) is 16.7. The quantitative estimate of drug-likeness (QED) is 0.261. The van der Waals surface area contributed by atoms with E-state index < -0.39 is 0 Å². The maximum Gasteiger partial charge on any atom is 0.193 e. The van der Waals surface area contributed by atoms with E-state index in [9.17, 15) is 0 Å². The maximum atomic E-state index is 5.98. The van der Waals surface area contributed by atoms with Crippen molar-refractivity contribution in [1.29, 1.82) is 0 Å². The van der Waals surface area contributed by atoms with Gasteiger partial charge in [0.15, 0.2) is 5.96 Å². The van der Waals surface area contributed by atoms with Gasteiger partial charge in [0.25, 0.3) is 0 Å². The van der Waals surface area contributed by atoms with Crippen LogP contribution in [0.3, 0.4) is 0 Å². The van der Waals surface area contributed by atoms with E-state index in [0.29, 0.717) is 12.6 Å². The summed E-state index contributed by atoms with van der Waals surface area (Å²) in [5.74, 6) is 0.489. The first kappa shape index (κ1) is 20.7. The predicted octanol–water partition coefficient (Wildman–Crippen LogP) is 4.52. The molecule has 2 aromatic carbocycles. The molecule has 140 valence electrons. The number of aryl methyl sites for hydroxylation is 2. The van der Waals surface area contributed by atoms with E-state index in [-0.39, 0.29) is 24.0 Å². The minimum atomic E-state index is 0. The number of nitrogens with one attached hydrogen (secondary N) is 1. The lowest BCUT2D eigenvalue weighted by atomic mass is 10.1. The van der Waals surface area contributed by atoms with Crippen molar-refractivity contribution in [3.05, 3.63) is 65.2 Å². The molecule has 0 amide bonds. The molecule has 0 atom stereocenters. The van der Waals surface area contributed by atoms with E-state index in [2.05, 4.69) is 40.6 Å². The largest absolute Gasteiger partial charge is 0.377 e. The Morgan fingerprint density at radius 2 is 1.85 bits per heavy atom. The van der Waals surface area contributed by atoms with Crippen LogP contribution in [-0.4, -0.2) is 19.1 Å². The van der Waals surface area contributed by atoms with Crippen LogP contribution < -0.4 is 11.1 Å². The van der Waals surface area contributed by atoms with Crippen molar-refractivity contribution in [3.63, 3.8) is 0 Å². The van der Waals surface area contributed by atoms with Crippen molar-refractivity contribution in [1.82, 2.24) is 0 Å². The molecule has 26 heavy (non-hydrogen) atoms. The molecule has 4 nitrogen and oxygen atoms in total. The molecule has 5 heteroatoms. The van der Waals surface area contributed by atoms with E-state index in [1.54, 1.807) is 0 Å². The van der Waals surface area contributed by atoms with E-state index in [1.807, 2.05) is 18.2 Å². The molecular weight excluding hydrogens is 437 g/mol. The van der Waals surface area contributed by atoms with Crippen LogP contribution in [0.1, 0.15) is 36.0 Å². The van der Waals surface area contributed by atoms with Gasteiger partial charge < -0.3 is 15.8 Å². The van der Waals surface area contributed by atoms with Gasteiger partial charge in [-0.15, -0.1) is 24.0 Å². The first-order chi connectivity index (χ1) is 12.3. The summed E-state index contributed by atoms with van der Waals surface area (Å²) >= 11 is 0. The Bertz CT molecular complexity index is 704. The van der Waals surface area contributed by atoms with Crippen molar-refractivity contribution < 1.29 is 4.74 Å². The van der Waals surface area contributed by atoms with Gasteiger partial charge >= 0.3 is 0 Å². The van der Waals surface area contributed by atoms with E-state index in [1.165, 1.54) is 36.0 Å². The number of rotatable bonds is 8. The zero-order valence-corrected chi connectivity index (χ0v) is 17.4. The van der Waals surface area contributed by atoms with Crippen LogP contribution in [0.25, 0.3) is 0 Å². The van der Waals surface area contributed by atoms with Crippen LogP contribution in [0.2, 0.25) is 0 Å². The molecule has 0 heterocycles. The monoisotopic (exact) mass is 465 g/mol. The fraction of sp³-hybridized carbons (Fsp3) is 0.381. The third kappa shape index (κ3) is 6.61. The molecule has 0 saturated heterocycles. The molecule has 0 aromatic heterocycles. The van der Waals surface area contributed by atoms with Crippen molar-refractivity contribution >= 4 is 35.6 Å². The van der Waals surface area contributed by atoms with Gasteiger partial charge in [0.05, 0.1) is 6.61 Å². The smallest absolute Gasteiger partial charge is 0.193 e. The van der Waals surface area contributed by atoms with Crippen molar-refractivity contribution in [2.24, 2.45) is 10.7 Å². The zero-order valence-electron chi connectivity index (χ0n) is 15.1. The molecule has 0 spiro atoms. The lowest BCUT2D eigenvalue weighted by Gasteiger charge is -2.08. The van der Waals surface area contributed by atoms with Crippen LogP contribution in [-0.2, 0) is 24.2 Å². The van der Waals surface area contributed by atoms with Crippen LogP contribution in [0.4, 0.5) is 5.69 Å². The van der Waals surface area contributed by atoms with Gasteiger partial charge in [-0.25, -0.2) is 0 Å². The van der Waals surface area contributed by atoms with E-state index in [0.717, 1.165) is 31.7 Å². The highest BCUT2D eigenvalue weighted by Gasteiger charge is 2.10. The minimum Gasteiger partial charge on any atom is -0.377 e. The normalized spacial score (nSPS) is 13.2. The fourth-order valence-corrected chi connectivity index (χ4v) is 3.12. The number of aliphatic imine (C=N–C) groups is 1. The second-order valence-electron chi connectivity index (χ2n) is 6.47. The van der Waals surface area contributed by atoms with Gasteiger partial charge in [-0.2, -0.15) is 0 Å². The van der Waals surface area contributed by atoms with Crippen molar-refractivity contribution in [3.8, 4) is 0 Å². The number of guanidine groups is 1. The summed E-state index contributed by atoms with van der Waals surface area (Å²) < 4.78 is 5.67. The Kier molecular flexibility index (Phi) is 8.91. The number of anilines is 1. The molecule has 1 aliphatic rings. The number of halogens is 1. The number of nitrogens with two attached hydrogens (primary N) is 1. The molecule has 0 unspecified atom stereocenters. The highest BCUT2D eigenvalue weighted by Crippen LogP contribution is 2.24. The molecule has 3 N–H and O–H groups in total. The SMILES string of the molecule is I.NC(=NCCCCOCc1ccccc1)Nc1ccc2c(c1)CCC2. The second kappa shape index (κ2) is 11.2. The first-order valence-electron chi connectivity index (χ1n) is 9.12. The first-order valence-corrected chi connectivity index (χ1v) is 9.12. The molecule has 2 aromatic rings. The summed E-state index contributed by atoms with van der Waals surface area (Å²) in [5, 5.41) is 3.19. The number of benzene rings is 2. The maximum absolute atomic E-state index is 5.98. The number of fused-ring (bicyclic) bond motifs is 1. The lowest BCUT2D eigenvalue weighted by molar-refractivity contribution is 0.117. The summed E-state index contributed by atoms with van der Waals surface area (Å²) in [6.07, 6.45) is 5.59. The topological polar surface area (TPSA) is 59.6 Å². The van der Waals surface area contributed by atoms with Gasteiger partial charge in [-0.05, 0) is 60.9 Å². The summed E-state index contributed by atoms with van der Waals surface area (Å²) in [4.78, 5) is 4.40. The van der Waals surface area contributed by atoms with Gasteiger partial charge in [-0.3, -0.25) is 4.99 Å². The van der Waals surface area contributed by atoms with Gasteiger partial charge in [0.2, 0.25) is 0 Å². The standard InChI is InChI=1S/C21H27N3O.HI/c22-21(24-20-12-11-18-9-6-10-19(18)15-20)23-13-4-5-14-25-16-17-7-2-1-3-8-17;/h1-3,7-8,11-12,15H,4-6,9-10,13-14,16H2,(H3,22,23,24);1H. The van der Waals surface area contributed by atoms with Crippen molar-refractivity contribution in [2.45, 2.75) is 38.7 Å². The molecule has 0 saturated carbocycles. The average molecular weight is 465 g/mol. The van der Waals surface area contributed by atoms with E-state index >= 15 is 0 Å². The number of hydrogen-bond donors (Lipinski definition) is 2. The fourth-order valence-electron chi connectivity index (χ4n) is 3.12. The average Bonchev–Trinajstić information content (AvgIpc) is 3.09. The summed E-state index contributed by atoms with van der Waals surface area (Å²) in [7, 11) is 0. The third-order valence-corrected chi connectivity index (χ3v) is 4.46. The Hall–Kier alpha value is -1.60. The molecule has 1 aliphatic carbocycles. The molecule has 0 fully saturated rings.